The van der Waals surface area contributed by atoms with E-state index in [0.717, 1.165) is 104 Å². The maximum atomic E-state index is 13.2. The highest BCUT2D eigenvalue weighted by atomic mass is 79.9. The van der Waals surface area contributed by atoms with Gasteiger partial charge >= 0.3 is 24.3 Å². The monoisotopic (exact) mass is 1250 g/mol. The van der Waals surface area contributed by atoms with E-state index in [0.29, 0.717) is 43.5 Å². The fourth-order valence-corrected chi connectivity index (χ4v) is 9.93. The maximum absolute atomic E-state index is 13.2. The number of amides is 2. The van der Waals surface area contributed by atoms with Crippen LogP contribution in [0.3, 0.4) is 0 Å². The number of nitrogens with zero attached hydrogens (tertiary/aromatic N) is 12. The summed E-state index contributed by atoms with van der Waals surface area (Å²) in [6.45, 7) is 14.7. The van der Waals surface area contributed by atoms with E-state index in [1.165, 1.54) is 11.1 Å². The molecule has 0 radical (unpaired) electrons. The summed E-state index contributed by atoms with van der Waals surface area (Å²) >= 11 is 7.00. The quantitative estimate of drug-likeness (QED) is 0.0784. The Morgan fingerprint density at radius 3 is 1.18 bits per heavy atom. The number of alkyl halides is 6. The molecule has 4 aliphatic rings. The minimum atomic E-state index is -5.08. The molecular formula is C52H62Br2F6N14O6. The highest BCUT2D eigenvalue weighted by molar-refractivity contribution is 9.11. The van der Waals surface area contributed by atoms with Crippen molar-refractivity contribution in [2.24, 2.45) is 11.8 Å². The van der Waals surface area contributed by atoms with Crippen LogP contribution in [0, 0.1) is 34.5 Å². The van der Waals surface area contributed by atoms with Gasteiger partial charge in [-0.2, -0.15) is 46.8 Å². The number of hydrazine groups is 2. The summed E-state index contributed by atoms with van der Waals surface area (Å²) in [5.41, 5.74) is 9.74. The largest absolute Gasteiger partial charge is 0.490 e. The number of piperazine rings is 2. The molecule has 4 heterocycles. The van der Waals surface area contributed by atoms with Gasteiger partial charge in [0.2, 0.25) is 11.6 Å². The van der Waals surface area contributed by atoms with Crippen molar-refractivity contribution in [2.45, 2.75) is 89.9 Å². The summed E-state index contributed by atoms with van der Waals surface area (Å²) in [6, 6.07) is 19.8. The number of hydrogen-bond donors (Lipinski definition) is 4. The highest BCUT2D eigenvalue weighted by Gasteiger charge is 2.39. The number of aromatic nitrogens is 4. The van der Waals surface area contributed by atoms with Crippen LogP contribution >= 0.6 is 31.9 Å². The number of carboxylic acid groups (broad SMARTS) is 2. The predicted octanol–water partition coefficient (Wildman–Crippen LogP) is 7.66. The lowest BCUT2D eigenvalue weighted by atomic mass is 10.1. The first-order valence-electron chi connectivity index (χ1n) is 25.4. The fraction of sp³-hybridized carbons (Fsp3) is 0.500. The molecule has 80 heavy (non-hydrogen) atoms. The van der Waals surface area contributed by atoms with E-state index in [-0.39, 0.29) is 35.5 Å². The van der Waals surface area contributed by atoms with E-state index in [1.54, 1.807) is 12.4 Å². The van der Waals surface area contributed by atoms with Crippen LogP contribution in [0.15, 0.2) is 69.9 Å². The second-order valence-electron chi connectivity index (χ2n) is 19.7. The average molecular weight is 1250 g/mol. The van der Waals surface area contributed by atoms with Gasteiger partial charge in [-0.25, -0.2) is 19.6 Å². The number of anilines is 2. The molecule has 4 aromatic rings. The first kappa shape index (κ1) is 64.3. The number of carbonyl (C=O) groups is 4. The molecule has 2 aliphatic heterocycles. The Labute approximate surface area is 476 Å². The van der Waals surface area contributed by atoms with Gasteiger partial charge in [-0.3, -0.25) is 40.3 Å². The van der Waals surface area contributed by atoms with E-state index in [9.17, 15) is 46.5 Å². The number of likely N-dealkylation sites (N-methyl/N-ethyl adjacent to an activating group) is 2. The van der Waals surface area contributed by atoms with Crippen LogP contribution in [-0.2, 0) is 22.7 Å². The predicted molar refractivity (Wildman–Crippen MR) is 288 cm³/mol. The zero-order valence-corrected chi connectivity index (χ0v) is 47.5. The van der Waals surface area contributed by atoms with Gasteiger partial charge in [0.05, 0.1) is 21.0 Å². The van der Waals surface area contributed by atoms with Crippen molar-refractivity contribution in [2.75, 3.05) is 76.5 Å². The van der Waals surface area contributed by atoms with Gasteiger partial charge in [-0.05, 0) is 119 Å². The number of nitriles is 2. The van der Waals surface area contributed by atoms with Gasteiger partial charge in [0, 0.05) is 89.0 Å². The molecule has 2 saturated heterocycles. The second-order valence-corrected chi connectivity index (χ2v) is 21.4. The summed E-state index contributed by atoms with van der Waals surface area (Å²) in [5, 5.41) is 36.4. The number of rotatable bonds is 12. The summed E-state index contributed by atoms with van der Waals surface area (Å²) in [7, 11) is 4.31. The molecule has 28 heteroatoms. The zero-order chi connectivity index (χ0) is 58.9. The number of aliphatic carboxylic acids is 2. The molecule has 8 rings (SSSR count). The number of nitrogens with one attached hydrogen (secondary N) is 2. The van der Waals surface area contributed by atoms with Gasteiger partial charge in [0.15, 0.2) is 11.6 Å². The summed E-state index contributed by atoms with van der Waals surface area (Å²) in [5.74, 6) is -3.93. The zero-order valence-electron chi connectivity index (χ0n) is 44.3. The summed E-state index contributed by atoms with van der Waals surface area (Å²) < 4.78 is 64.8. The molecule has 2 aliphatic carbocycles. The Morgan fingerprint density at radius 1 is 0.600 bits per heavy atom. The van der Waals surface area contributed by atoms with Crippen LogP contribution in [0.1, 0.15) is 95.9 Å². The smallest absolute Gasteiger partial charge is 0.475 e. The van der Waals surface area contributed by atoms with Gasteiger partial charge in [-0.15, -0.1) is 0 Å². The second kappa shape index (κ2) is 29.8. The normalized spacial score (nSPS) is 19.7. The van der Waals surface area contributed by atoms with Crippen molar-refractivity contribution in [3.63, 3.8) is 0 Å². The molecule has 2 amide bonds. The van der Waals surface area contributed by atoms with Crippen LogP contribution in [0.5, 0.6) is 0 Å². The van der Waals surface area contributed by atoms with Gasteiger partial charge in [-0.1, -0.05) is 51.0 Å². The number of carbonyl (C=O) groups excluding carboxylic acids is 2. The van der Waals surface area contributed by atoms with Crippen LogP contribution < -0.4 is 20.9 Å². The molecule has 2 aromatic carbocycles. The third-order valence-corrected chi connectivity index (χ3v) is 14.9. The number of benzene rings is 2. The number of carboxylic acids is 2. The SMILES string of the molecule is C[C@@H]1CCC[C@H]1N(NC(=O)c1ccc(CN2CCN(C)CC2)cc1)c1nc(C#N)ncc1Br.C[C@H]1CCC[C@@H]1N(NC(=O)c1ccc(CN2CCN(C)CC2)cc1)c1nc(C#N)ncc1Br.O=C(O)C(F)(F)F.O=C(O)C(F)(F)F. The van der Waals surface area contributed by atoms with Crippen molar-refractivity contribution in [3.8, 4) is 12.1 Å². The van der Waals surface area contributed by atoms with Crippen LogP contribution in [-0.4, -0.2) is 164 Å². The molecule has 20 nitrogen and oxygen atoms in total. The molecule has 0 spiro atoms. The Hall–Kier alpha value is -6.56. The standard InChI is InChI=1S/2C24H30BrN7O.2C2HF3O2/c2*1-17-4-3-5-21(17)32(23-20(25)15-27-22(14-26)28-23)29-24(33)19-8-6-18(7-9-19)16-31-12-10-30(2)11-13-31;2*3-2(4,5)1(6)7/h2*6-9,15,17,21H,3-5,10-13,16H2,1-2H3,(H,29,33);2*(H,6,7)/t2*17-,21-;;/m10../s1. The molecular weight excluding hydrogens is 1190 g/mol. The van der Waals surface area contributed by atoms with Crippen molar-refractivity contribution < 1.29 is 55.7 Å². The van der Waals surface area contributed by atoms with E-state index in [2.05, 4.69) is 110 Å². The van der Waals surface area contributed by atoms with E-state index in [4.69, 9.17) is 19.8 Å². The highest BCUT2D eigenvalue weighted by Crippen LogP contribution is 2.35. The molecule has 2 aromatic heterocycles. The summed E-state index contributed by atoms with van der Waals surface area (Å²) in [6.07, 6.45) is -0.787. The van der Waals surface area contributed by atoms with E-state index in [1.807, 2.05) is 70.7 Å². The Morgan fingerprint density at radius 2 is 0.912 bits per heavy atom. The first-order valence-corrected chi connectivity index (χ1v) is 27.0. The van der Waals surface area contributed by atoms with Gasteiger partial charge < -0.3 is 20.0 Å². The average Bonchev–Trinajstić information content (AvgIpc) is 4.08. The molecule has 4 fully saturated rings. The molecule has 432 valence electrons. The van der Waals surface area contributed by atoms with Crippen LogP contribution in [0.4, 0.5) is 38.0 Å². The molecule has 4 N–H and O–H groups in total. The lowest BCUT2D eigenvalue weighted by Crippen LogP contribution is -2.50. The minimum absolute atomic E-state index is 0.0753. The lowest BCUT2D eigenvalue weighted by Gasteiger charge is -2.33. The van der Waals surface area contributed by atoms with Gasteiger partial charge in [0.25, 0.3) is 11.8 Å². The third kappa shape index (κ3) is 19.3. The van der Waals surface area contributed by atoms with Gasteiger partial charge in [0.1, 0.15) is 12.1 Å². The van der Waals surface area contributed by atoms with E-state index < -0.39 is 24.3 Å². The number of hydrogen-bond acceptors (Lipinski definition) is 16. The Balaban J connectivity index is 0.000000237. The molecule has 4 atom stereocenters. The Kier molecular flexibility index (Phi) is 23.9. The topological polar surface area (TPSA) is 251 Å². The van der Waals surface area contributed by atoms with Crippen LogP contribution in [0.2, 0.25) is 0 Å². The fourth-order valence-electron chi connectivity index (χ4n) is 9.17. The Bertz CT molecular complexity index is 2620. The lowest BCUT2D eigenvalue weighted by molar-refractivity contribution is -0.193. The number of halogens is 8. The minimum Gasteiger partial charge on any atom is -0.475 e. The molecule has 2 saturated carbocycles. The molecule has 0 unspecified atom stereocenters. The van der Waals surface area contributed by atoms with Crippen molar-refractivity contribution in [1.29, 1.82) is 10.5 Å². The van der Waals surface area contributed by atoms with Crippen LogP contribution in [0.25, 0.3) is 0 Å². The van der Waals surface area contributed by atoms with Crippen molar-refractivity contribution in [1.82, 2.24) is 50.4 Å². The van der Waals surface area contributed by atoms with E-state index >= 15 is 0 Å². The van der Waals surface area contributed by atoms with Crippen molar-refractivity contribution >= 4 is 67.2 Å². The third-order valence-electron chi connectivity index (χ3n) is 13.8. The molecule has 0 bridgehead atoms. The van der Waals surface area contributed by atoms with Crippen molar-refractivity contribution in [3.05, 3.63) is 104 Å². The summed E-state index contributed by atoms with van der Waals surface area (Å²) in [4.78, 5) is 70.6. The first-order chi connectivity index (χ1) is 37.8. The maximum Gasteiger partial charge on any atom is 0.490 e.